The smallest absolute Gasteiger partial charge is 0.227 e. The Labute approximate surface area is 176 Å². The molecule has 1 N–H and O–H groups in total. The van der Waals surface area contributed by atoms with Crippen molar-refractivity contribution in [3.8, 4) is 0 Å². The molecule has 0 aliphatic carbocycles. The van der Waals surface area contributed by atoms with Crippen molar-refractivity contribution < 1.29 is 9.59 Å². The summed E-state index contributed by atoms with van der Waals surface area (Å²) in [6, 6.07) is 17.8. The number of halogens is 1. The Balaban J connectivity index is 1.26. The molecular formula is C23H26ClN3O2. The molecule has 5 nitrogen and oxygen atoms in total. The minimum Gasteiger partial charge on any atom is -0.353 e. The van der Waals surface area contributed by atoms with E-state index in [0.717, 1.165) is 38.2 Å². The van der Waals surface area contributed by atoms with Crippen molar-refractivity contribution in [1.29, 1.82) is 0 Å². The zero-order chi connectivity index (χ0) is 20.2. The lowest BCUT2D eigenvalue weighted by Crippen LogP contribution is -2.46. The third-order valence-electron chi connectivity index (χ3n) is 5.82. The summed E-state index contributed by atoms with van der Waals surface area (Å²) in [7, 11) is 0. The number of nitrogens with zero attached hydrogens (tertiary/aromatic N) is 2. The van der Waals surface area contributed by atoms with Gasteiger partial charge >= 0.3 is 0 Å². The molecule has 2 amide bonds. The average Bonchev–Trinajstić information content (AvgIpc) is 3.13. The molecule has 2 saturated heterocycles. The maximum atomic E-state index is 12.7. The van der Waals surface area contributed by atoms with E-state index in [0.29, 0.717) is 11.6 Å². The fourth-order valence-electron chi connectivity index (χ4n) is 4.15. The van der Waals surface area contributed by atoms with E-state index in [1.54, 1.807) is 17.0 Å². The second kappa shape index (κ2) is 8.97. The number of likely N-dealkylation sites (tertiary alicyclic amines) is 1. The van der Waals surface area contributed by atoms with E-state index in [2.05, 4.69) is 34.5 Å². The fourth-order valence-corrected chi connectivity index (χ4v) is 4.28. The molecule has 2 aromatic rings. The number of anilines is 1. The van der Waals surface area contributed by atoms with Crippen LogP contribution >= 0.6 is 11.6 Å². The van der Waals surface area contributed by atoms with Crippen molar-refractivity contribution in [2.75, 3.05) is 24.5 Å². The van der Waals surface area contributed by atoms with Gasteiger partial charge in [0, 0.05) is 49.4 Å². The topological polar surface area (TPSA) is 52.7 Å². The van der Waals surface area contributed by atoms with Gasteiger partial charge in [0.25, 0.3) is 0 Å². The Bertz CT molecular complexity index is 848. The molecule has 0 radical (unpaired) electrons. The van der Waals surface area contributed by atoms with Gasteiger partial charge in [0.1, 0.15) is 0 Å². The van der Waals surface area contributed by atoms with Gasteiger partial charge in [0.2, 0.25) is 11.8 Å². The van der Waals surface area contributed by atoms with E-state index in [4.69, 9.17) is 11.6 Å². The maximum Gasteiger partial charge on any atom is 0.227 e. The third kappa shape index (κ3) is 4.98. The molecule has 2 heterocycles. The van der Waals surface area contributed by atoms with Crippen molar-refractivity contribution in [2.45, 2.75) is 31.8 Å². The fraction of sp³-hybridized carbons (Fsp3) is 0.391. The standard InChI is InChI=1S/C23H26ClN3O2/c24-19-6-8-21(9-7-19)27-16-18(14-22(27)28)23(29)25-20-10-12-26(13-11-20)15-17-4-2-1-3-5-17/h1-9,18,20H,10-16H2,(H,25,29). The number of carbonyl (C=O) groups excluding carboxylic acids is 2. The minimum absolute atomic E-state index is 0.00340. The number of piperidine rings is 1. The van der Waals surface area contributed by atoms with Gasteiger partial charge in [-0.1, -0.05) is 41.9 Å². The van der Waals surface area contributed by atoms with Crippen molar-refractivity contribution in [3.05, 3.63) is 65.2 Å². The molecule has 2 aliphatic heterocycles. The minimum atomic E-state index is -0.291. The molecule has 0 spiro atoms. The van der Waals surface area contributed by atoms with E-state index in [1.165, 1.54) is 5.56 Å². The lowest BCUT2D eigenvalue weighted by Gasteiger charge is -2.32. The summed E-state index contributed by atoms with van der Waals surface area (Å²) in [5.41, 5.74) is 2.12. The predicted octanol–water partition coefficient (Wildman–Crippen LogP) is 3.47. The molecule has 2 fully saturated rings. The van der Waals surface area contributed by atoms with Crippen LogP contribution in [0.5, 0.6) is 0 Å². The Hall–Kier alpha value is -2.37. The van der Waals surface area contributed by atoms with Crippen molar-refractivity contribution in [3.63, 3.8) is 0 Å². The van der Waals surface area contributed by atoms with Crippen LogP contribution < -0.4 is 10.2 Å². The first-order valence-corrected chi connectivity index (χ1v) is 10.6. The molecular weight excluding hydrogens is 386 g/mol. The second-order valence-electron chi connectivity index (χ2n) is 7.93. The van der Waals surface area contributed by atoms with Gasteiger partial charge in [-0.2, -0.15) is 0 Å². The van der Waals surface area contributed by atoms with Gasteiger partial charge in [-0.3, -0.25) is 14.5 Å². The number of amides is 2. The number of hydrogen-bond donors (Lipinski definition) is 1. The normalized spacial score (nSPS) is 20.8. The molecule has 0 aromatic heterocycles. The van der Waals surface area contributed by atoms with Crippen LogP contribution in [0.2, 0.25) is 5.02 Å². The van der Waals surface area contributed by atoms with E-state index >= 15 is 0 Å². The molecule has 2 aliphatic rings. The number of rotatable bonds is 5. The Morgan fingerprint density at radius 3 is 2.41 bits per heavy atom. The van der Waals surface area contributed by atoms with Crippen LogP contribution in [0.1, 0.15) is 24.8 Å². The Morgan fingerprint density at radius 2 is 1.72 bits per heavy atom. The van der Waals surface area contributed by atoms with E-state index in [1.807, 2.05) is 18.2 Å². The van der Waals surface area contributed by atoms with E-state index in [-0.39, 0.29) is 30.2 Å². The van der Waals surface area contributed by atoms with Gasteiger partial charge in [-0.15, -0.1) is 0 Å². The van der Waals surface area contributed by atoms with Gasteiger partial charge in [-0.05, 0) is 42.7 Å². The summed E-state index contributed by atoms with van der Waals surface area (Å²) in [6.45, 7) is 3.33. The summed E-state index contributed by atoms with van der Waals surface area (Å²) in [5, 5.41) is 3.81. The highest BCUT2D eigenvalue weighted by Crippen LogP contribution is 2.27. The zero-order valence-corrected chi connectivity index (χ0v) is 17.1. The average molecular weight is 412 g/mol. The quantitative estimate of drug-likeness (QED) is 0.819. The van der Waals surface area contributed by atoms with Crippen molar-refractivity contribution in [1.82, 2.24) is 10.2 Å². The van der Waals surface area contributed by atoms with Gasteiger partial charge in [0.15, 0.2) is 0 Å². The molecule has 4 rings (SSSR count). The SMILES string of the molecule is O=C(NC1CCN(Cc2ccccc2)CC1)C1CC(=O)N(c2ccc(Cl)cc2)C1. The maximum absolute atomic E-state index is 12.7. The first kappa shape index (κ1) is 19.9. The number of hydrogen-bond acceptors (Lipinski definition) is 3. The molecule has 0 bridgehead atoms. The van der Waals surface area contributed by atoms with Crippen molar-refractivity contribution >= 4 is 29.1 Å². The van der Waals surface area contributed by atoms with Crippen LogP contribution in [0.4, 0.5) is 5.69 Å². The number of nitrogens with one attached hydrogen (secondary N) is 1. The highest BCUT2D eigenvalue weighted by Gasteiger charge is 2.36. The van der Waals surface area contributed by atoms with E-state index in [9.17, 15) is 9.59 Å². The lowest BCUT2D eigenvalue weighted by atomic mass is 10.0. The second-order valence-corrected chi connectivity index (χ2v) is 8.36. The summed E-state index contributed by atoms with van der Waals surface area (Å²) >= 11 is 5.93. The Morgan fingerprint density at radius 1 is 1.03 bits per heavy atom. The summed E-state index contributed by atoms with van der Waals surface area (Å²) < 4.78 is 0. The summed E-state index contributed by atoms with van der Waals surface area (Å²) in [6.07, 6.45) is 2.15. The van der Waals surface area contributed by atoms with Crippen LogP contribution in [0, 0.1) is 5.92 Å². The van der Waals surface area contributed by atoms with Crippen LogP contribution in [-0.2, 0) is 16.1 Å². The Kier molecular flexibility index (Phi) is 6.16. The monoisotopic (exact) mass is 411 g/mol. The summed E-state index contributed by atoms with van der Waals surface area (Å²) in [4.78, 5) is 29.2. The zero-order valence-electron chi connectivity index (χ0n) is 16.4. The molecule has 6 heteroatoms. The summed E-state index contributed by atoms with van der Waals surface area (Å²) in [5.74, 6) is -0.304. The molecule has 1 unspecified atom stereocenters. The molecule has 1 atom stereocenters. The van der Waals surface area contributed by atoms with Crippen molar-refractivity contribution in [2.24, 2.45) is 5.92 Å². The molecule has 2 aromatic carbocycles. The first-order valence-electron chi connectivity index (χ1n) is 10.2. The predicted molar refractivity (Wildman–Crippen MR) is 115 cm³/mol. The highest BCUT2D eigenvalue weighted by molar-refractivity contribution is 6.30. The number of benzene rings is 2. The van der Waals surface area contributed by atoms with Crippen LogP contribution in [-0.4, -0.2) is 42.4 Å². The third-order valence-corrected chi connectivity index (χ3v) is 6.07. The van der Waals surface area contributed by atoms with E-state index < -0.39 is 0 Å². The largest absolute Gasteiger partial charge is 0.353 e. The molecule has 0 saturated carbocycles. The first-order chi connectivity index (χ1) is 14.1. The molecule has 152 valence electrons. The van der Waals surface area contributed by atoms with Gasteiger partial charge < -0.3 is 10.2 Å². The lowest BCUT2D eigenvalue weighted by molar-refractivity contribution is -0.127. The van der Waals surface area contributed by atoms with Crippen LogP contribution in [0.3, 0.4) is 0 Å². The van der Waals surface area contributed by atoms with Gasteiger partial charge in [-0.25, -0.2) is 0 Å². The van der Waals surface area contributed by atoms with Gasteiger partial charge in [0.05, 0.1) is 5.92 Å². The highest BCUT2D eigenvalue weighted by atomic mass is 35.5. The van der Waals surface area contributed by atoms with Crippen LogP contribution in [0.15, 0.2) is 54.6 Å². The number of carbonyl (C=O) groups is 2. The molecule has 29 heavy (non-hydrogen) atoms. The van der Waals surface area contributed by atoms with Crippen LogP contribution in [0.25, 0.3) is 0 Å².